The Hall–Kier alpha value is 0.230. The quantitative estimate of drug-likeness (QED) is 0.836. The van der Waals surface area contributed by atoms with Crippen molar-refractivity contribution in [1.82, 2.24) is 0 Å². The first-order valence-electron chi connectivity index (χ1n) is 7.24. The van der Waals surface area contributed by atoms with Gasteiger partial charge >= 0.3 is 0 Å². The van der Waals surface area contributed by atoms with Crippen LogP contribution in [-0.4, -0.2) is 42.0 Å². The fourth-order valence-corrected chi connectivity index (χ4v) is 4.10. The molecule has 0 aliphatic carbocycles. The maximum Gasteiger partial charge on any atom is 0.0805 e. The molecule has 2 heterocycles. The first kappa shape index (κ1) is 14.6. The van der Waals surface area contributed by atoms with E-state index in [0.29, 0.717) is 12.7 Å². The normalized spacial score (nSPS) is 33.2. The van der Waals surface area contributed by atoms with E-state index in [1.165, 1.54) is 12.2 Å². The van der Waals surface area contributed by atoms with Gasteiger partial charge in [-0.3, -0.25) is 0 Å². The molecule has 0 amide bonds. The molecular formula is C14H27NO2S. The van der Waals surface area contributed by atoms with Crippen LogP contribution < -0.4 is 5.73 Å². The topological polar surface area (TPSA) is 44.5 Å². The molecule has 0 saturated carbocycles. The van der Waals surface area contributed by atoms with Crippen LogP contribution in [0.3, 0.4) is 0 Å². The predicted octanol–water partition coefficient (Wildman–Crippen LogP) is 2.58. The van der Waals surface area contributed by atoms with Gasteiger partial charge < -0.3 is 15.2 Å². The molecule has 2 atom stereocenters. The average Bonchev–Trinajstić information content (AvgIpc) is 2.84. The van der Waals surface area contributed by atoms with Crippen molar-refractivity contribution in [3.8, 4) is 0 Å². The van der Waals surface area contributed by atoms with E-state index in [2.05, 4.69) is 13.8 Å². The molecule has 2 aliphatic rings. The number of hydrogen-bond acceptors (Lipinski definition) is 4. The highest BCUT2D eigenvalue weighted by Gasteiger charge is 2.41. The number of hydrogen-bond donors (Lipinski definition) is 1. The molecule has 2 rings (SSSR count). The zero-order valence-electron chi connectivity index (χ0n) is 11.7. The van der Waals surface area contributed by atoms with Gasteiger partial charge in [-0.2, -0.15) is 11.8 Å². The van der Waals surface area contributed by atoms with Gasteiger partial charge in [-0.25, -0.2) is 0 Å². The molecule has 2 fully saturated rings. The van der Waals surface area contributed by atoms with Crippen molar-refractivity contribution in [2.45, 2.75) is 63.2 Å². The lowest BCUT2D eigenvalue weighted by atomic mass is 9.90. The second kappa shape index (κ2) is 6.12. The summed E-state index contributed by atoms with van der Waals surface area (Å²) in [7, 11) is 0. The van der Waals surface area contributed by atoms with E-state index in [1.807, 2.05) is 11.8 Å². The van der Waals surface area contributed by atoms with Gasteiger partial charge in [0, 0.05) is 24.3 Å². The van der Waals surface area contributed by atoms with Gasteiger partial charge in [0.15, 0.2) is 0 Å². The maximum atomic E-state index is 6.30. The predicted molar refractivity (Wildman–Crippen MR) is 77.1 cm³/mol. The first-order valence-corrected chi connectivity index (χ1v) is 8.39. The zero-order chi connectivity index (χ0) is 13.1. The van der Waals surface area contributed by atoms with Crippen molar-refractivity contribution in [3.05, 3.63) is 0 Å². The van der Waals surface area contributed by atoms with E-state index in [4.69, 9.17) is 15.2 Å². The molecule has 0 aromatic heterocycles. The third-order valence-corrected chi connectivity index (χ3v) is 5.75. The van der Waals surface area contributed by atoms with Crippen LogP contribution in [0, 0.1) is 0 Å². The second-order valence-electron chi connectivity index (χ2n) is 5.83. The van der Waals surface area contributed by atoms with Crippen LogP contribution in [0.2, 0.25) is 0 Å². The van der Waals surface area contributed by atoms with Crippen molar-refractivity contribution < 1.29 is 9.47 Å². The van der Waals surface area contributed by atoms with E-state index in [0.717, 1.165) is 38.0 Å². The summed E-state index contributed by atoms with van der Waals surface area (Å²) in [4.78, 5) is 0. The van der Waals surface area contributed by atoms with Crippen molar-refractivity contribution in [2.75, 3.05) is 24.7 Å². The molecule has 0 radical (unpaired) electrons. The summed E-state index contributed by atoms with van der Waals surface area (Å²) in [6, 6.07) is 0. The fraction of sp³-hybridized carbons (Fsp3) is 1.00. The van der Waals surface area contributed by atoms with Gasteiger partial charge in [-0.1, -0.05) is 13.8 Å². The highest BCUT2D eigenvalue weighted by Crippen LogP contribution is 2.39. The molecule has 2 N–H and O–H groups in total. The van der Waals surface area contributed by atoms with Crippen molar-refractivity contribution >= 4 is 11.8 Å². The van der Waals surface area contributed by atoms with Gasteiger partial charge in [-0.15, -0.1) is 0 Å². The molecule has 3 nitrogen and oxygen atoms in total. The average molecular weight is 273 g/mol. The third kappa shape index (κ3) is 3.41. The van der Waals surface area contributed by atoms with Gasteiger partial charge in [0.05, 0.1) is 18.3 Å². The Bertz CT molecular complexity index is 263. The monoisotopic (exact) mass is 273 g/mol. The number of nitrogens with two attached hydrogens (primary N) is 1. The van der Waals surface area contributed by atoms with Gasteiger partial charge in [0.1, 0.15) is 0 Å². The summed E-state index contributed by atoms with van der Waals surface area (Å²) in [6.07, 6.45) is 5.58. The Labute approximate surface area is 115 Å². The zero-order valence-corrected chi connectivity index (χ0v) is 12.6. The van der Waals surface area contributed by atoms with Crippen LogP contribution in [0.4, 0.5) is 0 Å². The van der Waals surface area contributed by atoms with Crippen LogP contribution in [0.1, 0.15) is 46.0 Å². The van der Waals surface area contributed by atoms with E-state index in [9.17, 15) is 0 Å². The van der Waals surface area contributed by atoms with Crippen molar-refractivity contribution in [1.29, 1.82) is 0 Å². The molecule has 1 spiro atoms. The Morgan fingerprint density at radius 2 is 2.22 bits per heavy atom. The molecule has 2 unspecified atom stereocenters. The molecular weight excluding hydrogens is 246 g/mol. The standard InChI is InChI=1S/C14H27NO2S/c1-3-13(15,4-2)10-16-12-5-7-17-14(9-12)6-8-18-11-14/h12H,3-11,15H2,1-2H3. The lowest BCUT2D eigenvalue weighted by Gasteiger charge is -2.39. The molecule has 0 bridgehead atoms. The Kier molecular flexibility index (Phi) is 4.98. The smallest absolute Gasteiger partial charge is 0.0805 e. The summed E-state index contributed by atoms with van der Waals surface area (Å²) in [5.41, 5.74) is 6.27. The molecule has 4 heteroatoms. The first-order chi connectivity index (χ1) is 8.61. The van der Waals surface area contributed by atoms with Crippen LogP contribution in [0.15, 0.2) is 0 Å². The highest BCUT2D eigenvalue weighted by molar-refractivity contribution is 7.99. The highest BCUT2D eigenvalue weighted by atomic mass is 32.2. The Morgan fingerprint density at radius 3 is 2.83 bits per heavy atom. The molecule has 18 heavy (non-hydrogen) atoms. The van der Waals surface area contributed by atoms with Gasteiger partial charge in [0.25, 0.3) is 0 Å². The summed E-state index contributed by atoms with van der Waals surface area (Å²) in [5.74, 6) is 2.37. The minimum absolute atomic E-state index is 0.114. The molecule has 0 aromatic carbocycles. The molecule has 106 valence electrons. The minimum Gasteiger partial charge on any atom is -0.376 e. The van der Waals surface area contributed by atoms with Crippen LogP contribution in [-0.2, 0) is 9.47 Å². The minimum atomic E-state index is -0.143. The maximum absolute atomic E-state index is 6.30. The van der Waals surface area contributed by atoms with E-state index in [-0.39, 0.29) is 11.1 Å². The van der Waals surface area contributed by atoms with Crippen LogP contribution in [0.25, 0.3) is 0 Å². The van der Waals surface area contributed by atoms with Crippen LogP contribution in [0.5, 0.6) is 0 Å². The summed E-state index contributed by atoms with van der Waals surface area (Å²) >= 11 is 2.01. The lowest BCUT2D eigenvalue weighted by molar-refractivity contribution is -0.126. The van der Waals surface area contributed by atoms with E-state index >= 15 is 0 Å². The second-order valence-corrected chi connectivity index (χ2v) is 6.93. The number of rotatable bonds is 5. The van der Waals surface area contributed by atoms with Gasteiger partial charge in [-0.05, 0) is 31.4 Å². The number of thioether (sulfide) groups is 1. The third-order valence-electron chi connectivity index (χ3n) is 4.53. The Balaban J connectivity index is 1.82. The Morgan fingerprint density at radius 1 is 1.44 bits per heavy atom. The molecule has 0 aromatic rings. The van der Waals surface area contributed by atoms with Gasteiger partial charge in [0.2, 0.25) is 0 Å². The lowest BCUT2D eigenvalue weighted by Crippen LogP contribution is -2.47. The number of ether oxygens (including phenoxy) is 2. The van der Waals surface area contributed by atoms with E-state index in [1.54, 1.807) is 0 Å². The van der Waals surface area contributed by atoms with E-state index < -0.39 is 0 Å². The fourth-order valence-electron chi connectivity index (χ4n) is 2.73. The van der Waals surface area contributed by atoms with Crippen molar-refractivity contribution in [2.24, 2.45) is 5.73 Å². The molecule has 2 aliphatic heterocycles. The van der Waals surface area contributed by atoms with Crippen molar-refractivity contribution in [3.63, 3.8) is 0 Å². The molecule has 2 saturated heterocycles. The summed E-state index contributed by atoms with van der Waals surface area (Å²) in [6.45, 7) is 5.83. The van der Waals surface area contributed by atoms with Crippen LogP contribution >= 0.6 is 11.8 Å². The SMILES string of the molecule is CCC(N)(CC)COC1CCOC2(CCSC2)C1. The summed E-state index contributed by atoms with van der Waals surface area (Å²) in [5, 5.41) is 0. The summed E-state index contributed by atoms with van der Waals surface area (Å²) < 4.78 is 12.1. The largest absolute Gasteiger partial charge is 0.376 e.